The highest BCUT2D eigenvalue weighted by molar-refractivity contribution is 9.10. The van der Waals surface area contributed by atoms with Crippen molar-refractivity contribution < 1.29 is 14.4 Å². The Hall–Kier alpha value is -3.33. The Morgan fingerprint density at radius 3 is 2.46 bits per heavy atom. The second-order valence-electron chi connectivity index (χ2n) is 5.79. The highest BCUT2D eigenvalue weighted by Crippen LogP contribution is 2.16. The second-order valence-corrected chi connectivity index (χ2v) is 6.71. The van der Waals surface area contributed by atoms with E-state index in [1.807, 2.05) is 12.1 Å². The van der Waals surface area contributed by atoms with Crippen molar-refractivity contribution in [2.75, 3.05) is 5.32 Å². The standard InChI is InChI=1S/C19H16BrN5O3/c20-13-5-6-15(22-11-13)23-16(26)7-8-17(27)24-25-19(28)18-14-4-2-1-3-12(14)9-10-21-18/h1-6,9-11H,7-8H2,(H,24,27)(H,25,28)(H,22,23,26). The Morgan fingerprint density at radius 1 is 0.893 bits per heavy atom. The summed E-state index contributed by atoms with van der Waals surface area (Å²) in [4.78, 5) is 44.1. The van der Waals surface area contributed by atoms with Crippen LogP contribution in [0.1, 0.15) is 23.3 Å². The molecule has 0 unspecified atom stereocenters. The molecule has 0 aliphatic heterocycles. The number of pyridine rings is 2. The van der Waals surface area contributed by atoms with Gasteiger partial charge in [0.1, 0.15) is 11.5 Å². The fourth-order valence-electron chi connectivity index (χ4n) is 2.43. The lowest BCUT2D eigenvalue weighted by Crippen LogP contribution is -2.42. The lowest BCUT2D eigenvalue weighted by molar-refractivity contribution is -0.124. The smallest absolute Gasteiger partial charge is 0.288 e. The molecule has 9 heteroatoms. The quantitative estimate of drug-likeness (QED) is 0.526. The molecule has 0 atom stereocenters. The van der Waals surface area contributed by atoms with Crippen molar-refractivity contribution in [2.45, 2.75) is 12.8 Å². The zero-order chi connectivity index (χ0) is 19.9. The maximum atomic E-state index is 12.3. The summed E-state index contributed by atoms with van der Waals surface area (Å²) < 4.78 is 0.793. The van der Waals surface area contributed by atoms with Crippen molar-refractivity contribution in [1.82, 2.24) is 20.8 Å². The highest BCUT2D eigenvalue weighted by atomic mass is 79.9. The Morgan fingerprint density at radius 2 is 1.68 bits per heavy atom. The van der Waals surface area contributed by atoms with Gasteiger partial charge in [-0.3, -0.25) is 30.2 Å². The van der Waals surface area contributed by atoms with Gasteiger partial charge in [0, 0.05) is 35.1 Å². The Kier molecular flexibility index (Phi) is 6.28. The van der Waals surface area contributed by atoms with E-state index in [9.17, 15) is 14.4 Å². The zero-order valence-electron chi connectivity index (χ0n) is 14.6. The van der Waals surface area contributed by atoms with E-state index in [0.717, 1.165) is 9.86 Å². The second kappa shape index (κ2) is 9.05. The summed E-state index contributed by atoms with van der Waals surface area (Å²) in [6.07, 6.45) is 2.94. The fraction of sp³-hybridized carbons (Fsp3) is 0.105. The number of nitrogens with one attached hydrogen (secondary N) is 3. The monoisotopic (exact) mass is 441 g/mol. The van der Waals surface area contributed by atoms with Gasteiger partial charge in [0.15, 0.2) is 0 Å². The van der Waals surface area contributed by atoms with Crippen LogP contribution in [0.4, 0.5) is 5.82 Å². The number of halogens is 1. The molecule has 28 heavy (non-hydrogen) atoms. The normalized spacial score (nSPS) is 10.3. The van der Waals surface area contributed by atoms with Crippen molar-refractivity contribution in [2.24, 2.45) is 0 Å². The molecule has 142 valence electrons. The molecule has 2 aromatic heterocycles. The van der Waals surface area contributed by atoms with Crippen LogP contribution in [0.2, 0.25) is 0 Å². The molecule has 0 aliphatic rings. The SMILES string of the molecule is O=C(CCC(=O)Nc1ccc(Br)cn1)NNC(=O)c1nccc2ccccc12. The molecule has 2 heterocycles. The first kappa shape index (κ1) is 19.4. The first-order chi connectivity index (χ1) is 13.5. The van der Waals surface area contributed by atoms with E-state index >= 15 is 0 Å². The zero-order valence-corrected chi connectivity index (χ0v) is 16.2. The molecular formula is C19H16BrN5O3. The molecule has 0 radical (unpaired) electrons. The number of fused-ring (bicyclic) bond motifs is 1. The molecule has 0 saturated carbocycles. The van der Waals surface area contributed by atoms with Crippen molar-refractivity contribution in [3.05, 3.63) is 65.0 Å². The number of hydrazine groups is 1. The summed E-state index contributed by atoms with van der Waals surface area (Å²) in [5.74, 6) is -0.989. The Labute approximate surface area is 168 Å². The van der Waals surface area contributed by atoms with Gasteiger partial charge in [-0.1, -0.05) is 24.3 Å². The summed E-state index contributed by atoms with van der Waals surface area (Å²) in [5, 5.41) is 4.13. The summed E-state index contributed by atoms with van der Waals surface area (Å²) in [6.45, 7) is 0. The van der Waals surface area contributed by atoms with Gasteiger partial charge in [0.2, 0.25) is 11.8 Å². The van der Waals surface area contributed by atoms with E-state index in [1.165, 1.54) is 6.20 Å². The van der Waals surface area contributed by atoms with Crippen LogP contribution in [0.15, 0.2) is 59.3 Å². The molecule has 3 aromatic rings. The molecule has 1 aromatic carbocycles. The lowest BCUT2D eigenvalue weighted by atomic mass is 10.1. The number of hydrogen-bond donors (Lipinski definition) is 3. The van der Waals surface area contributed by atoms with Gasteiger partial charge in [-0.2, -0.15) is 0 Å². The molecule has 0 bridgehead atoms. The first-order valence-electron chi connectivity index (χ1n) is 8.37. The summed E-state index contributed by atoms with van der Waals surface area (Å²) in [5.41, 5.74) is 4.82. The molecule has 3 N–H and O–H groups in total. The molecule has 0 spiro atoms. The Balaban J connectivity index is 1.48. The molecule has 8 nitrogen and oxygen atoms in total. The number of carbonyl (C=O) groups is 3. The maximum absolute atomic E-state index is 12.3. The molecule has 3 amide bonds. The van der Waals surface area contributed by atoms with Gasteiger partial charge < -0.3 is 5.32 Å². The molecule has 3 rings (SSSR count). The summed E-state index contributed by atoms with van der Waals surface area (Å²) in [6, 6.07) is 12.5. The van der Waals surface area contributed by atoms with Crippen molar-refractivity contribution in [1.29, 1.82) is 0 Å². The van der Waals surface area contributed by atoms with Crippen LogP contribution in [0.25, 0.3) is 10.8 Å². The maximum Gasteiger partial charge on any atom is 0.288 e. The van der Waals surface area contributed by atoms with Crippen LogP contribution >= 0.6 is 15.9 Å². The average molecular weight is 442 g/mol. The van der Waals surface area contributed by atoms with Crippen LogP contribution in [0, 0.1) is 0 Å². The van der Waals surface area contributed by atoms with E-state index in [1.54, 1.807) is 36.5 Å². The van der Waals surface area contributed by atoms with Gasteiger partial charge >= 0.3 is 0 Å². The number of rotatable bonds is 5. The van der Waals surface area contributed by atoms with Gasteiger partial charge in [-0.15, -0.1) is 0 Å². The van der Waals surface area contributed by atoms with E-state index in [4.69, 9.17) is 0 Å². The van der Waals surface area contributed by atoms with Crippen LogP contribution in [-0.2, 0) is 9.59 Å². The van der Waals surface area contributed by atoms with Gasteiger partial charge in [0.05, 0.1) is 0 Å². The molecule has 0 aliphatic carbocycles. The fourth-order valence-corrected chi connectivity index (χ4v) is 2.67. The van der Waals surface area contributed by atoms with E-state index in [2.05, 4.69) is 42.1 Å². The van der Waals surface area contributed by atoms with E-state index < -0.39 is 11.8 Å². The largest absolute Gasteiger partial charge is 0.311 e. The molecule has 0 fully saturated rings. The number of nitrogens with zero attached hydrogens (tertiary/aromatic N) is 2. The lowest BCUT2D eigenvalue weighted by Gasteiger charge is -2.09. The number of aromatic nitrogens is 2. The number of amides is 3. The van der Waals surface area contributed by atoms with Gasteiger partial charge in [0.25, 0.3) is 5.91 Å². The number of carbonyl (C=O) groups excluding carboxylic acids is 3. The summed E-state index contributed by atoms with van der Waals surface area (Å²) >= 11 is 3.25. The number of anilines is 1. The van der Waals surface area contributed by atoms with Gasteiger partial charge in [-0.05, 0) is 39.5 Å². The van der Waals surface area contributed by atoms with Crippen molar-refractivity contribution in [3.8, 4) is 0 Å². The number of benzene rings is 1. The van der Waals surface area contributed by atoms with Crippen LogP contribution in [0.3, 0.4) is 0 Å². The predicted octanol–water partition coefficient (Wildman–Crippen LogP) is 2.57. The third-order valence-electron chi connectivity index (χ3n) is 3.78. The first-order valence-corrected chi connectivity index (χ1v) is 9.16. The van der Waals surface area contributed by atoms with Crippen molar-refractivity contribution in [3.63, 3.8) is 0 Å². The minimum Gasteiger partial charge on any atom is -0.311 e. The topological polar surface area (TPSA) is 113 Å². The Bertz CT molecular complexity index is 1020. The third kappa shape index (κ3) is 5.10. The van der Waals surface area contributed by atoms with Crippen LogP contribution in [-0.4, -0.2) is 27.7 Å². The highest BCUT2D eigenvalue weighted by Gasteiger charge is 2.13. The van der Waals surface area contributed by atoms with Crippen molar-refractivity contribution >= 4 is 50.2 Å². The van der Waals surface area contributed by atoms with Crippen LogP contribution < -0.4 is 16.2 Å². The third-order valence-corrected chi connectivity index (χ3v) is 4.25. The van der Waals surface area contributed by atoms with E-state index in [-0.39, 0.29) is 24.4 Å². The number of hydrogen-bond acceptors (Lipinski definition) is 5. The van der Waals surface area contributed by atoms with E-state index in [0.29, 0.717) is 11.2 Å². The average Bonchev–Trinajstić information content (AvgIpc) is 2.71. The molecular weight excluding hydrogens is 426 g/mol. The minimum atomic E-state index is -0.534. The summed E-state index contributed by atoms with van der Waals surface area (Å²) in [7, 11) is 0. The predicted molar refractivity (Wildman–Crippen MR) is 107 cm³/mol. The van der Waals surface area contributed by atoms with Gasteiger partial charge in [-0.25, -0.2) is 4.98 Å². The van der Waals surface area contributed by atoms with Crippen LogP contribution in [0.5, 0.6) is 0 Å². The molecule has 0 saturated heterocycles. The minimum absolute atomic E-state index is 0.0496.